The summed E-state index contributed by atoms with van der Waals surface area (Å²) in [4.78, 5) is 11.1. The average molecular weight is 192 g/mol. The Balaban J connectivity index is 1.87. The molecule has 0 spiro atoms. The smallest absolute Gasteiger partial charge is 0.318 e. The van der Waals surface area contributed by atoms with E-state index in [-0.39, 0.29) is 18.3 Å². The monoisotopic (exact) mass is 192 g/mol. The van der Waals surface area contributed by atoms with Crippen LogP contribution in [0.3, 0.4) is 0 Å². The summed E-state index contributed by atoms with van der Waals surface area (Å²) in [7, 11) is 0. The lowest BCUT2D eigenvalue weighted by Crippen LogP contribution is -2.39. The van der Waals surface area contributed by atoms with E-state index >= 15 is 0 Å². The summed E-state index contributed by atoms with van der Waals surface area (Å²) in [5.41, 5.74) is 1.24. The van der Waals surface area contributed by atoms with Gasteiger partial charge in [0.1, 0.15) is 5.76 Å². The number of carbonyl (C=O) groups is 1. The van der Waals surface area contributed by atoms with Crippen molar-refractivity contribution in [3.8, 4) is 0 Å². The number of nitrogens with one attached hydrogen (secondary N) is 2. The van der Waals surface area contributed by atoms with Crippen LogP contribution in [0.15, 0.2) is 23.5 Å². The van der Waals surface area contributed by atoms with Crippen molar-refractivity contribution < 1.29 is 9.53 Å². The molecule has 74 valence electrons. The van der Waals surface area contributed by atoms with Crippen LogP contribution in [0.4, 0.5) is 4.79 Å². The molecule has 0 saturated carbocycles. The molecule has 0 aromatic heterocycles. The maximum atomic E-state index is 11.1. The number of ether oxygens (including phenoxy) is 1. The van der Waals surface area contributed by atoms with Crippen molar-refractivity contribution >= 4 is 6.03 Å². The van der Waals surface area contributed by atoms with E-state index in [1.165, 1.54) is 5.57 Å². The molecule has 4 heteroatoms. The number of hydrogen-bond donors (Lipinski definition) is 2. The molecular formula is C10H12N2O2. The van der Waals surface area contributed by atoms with Gasteiger partial charge >= 0.3 is 6.03 Å². The quantitative estimate of drug-likeness (QED) is 0.602. The summed E-state index contributed by atoms with van der Waals surface area (Å²) in [6, 6.07) is -0.0205. The average Bonchev–Trinajstić information content (AvgIpc) is 2.53. The summed E-state index contributed by atoms with van der Waals surface area (Å²) in [5, 5.41) is 5.60. The fourth-order valence-electron chi connectivity index (χ4n) is 2.19. The molecule has 2 aliphatic heterocycles. The molecule has 1 fully saturated rings. The Kier molecular flexibility index (Phi) is 1.56. The van der Waals surface area contributed by atoms with Gasteiger partial charge in [0.25, 0.3) is 0 Å². The number of allylic oxidation sites excluding steroid dienone is 3. The Morgan fingerprint density at radius 3 is 3.29 bits per heavy atom. The van der Waals surface area contributed by atoms with Crippen molar-refractivity contribution in [3.63, 3.8) is 0 Å². The van der Waals surface area contributed by atoms with Crippen LogP contribution in [-0.2, 0) is 4.74 Å². The van der Waals surface area contributed by atoms with E-state index in [0.29, 0.717) is 0 Å². The predicted molar refractivity (Wildman–Crippen MR) is 50.3 cm³/mol. The Bertz CT molecular complexity index is 346. The van der Waals surface area contributed by atoms with Gasteiger partial charge in [-0.15, -0.1) is 0 Å². The van der Waals surface area contributed by atoms with E-state index in [0.717, 1.165) is 25.0 Å². The van der Waals surface area contributed by atoms with Crippen LogP contribution < -0.4 is 10.6 Å². The molecule has 2 heterocycles. The molecule has 1 saturated heterocycles. The molecule has 3 aliphatic rings. The maximum Gasteiger partial charge on any atom is 0.318 e. The van der Waals surface area contributed by atoms with Crippen molar-refractivity contribution in [1.29, 1.82) is 0 Å². The number of carbonyl (C=O) groups excluding carboxylic acids is 1. The molecule has 2 N–H and O–H groups in total. The molecular weight excluding hydrogens is 180 g/mol. The van der Waals surface area contributed by atoms with Crippen LogP contribution in [0.2, 0.25) is 0 Å². The number of hydrogen-bond acceptors (Lipinski definition) is 2. The minimum atomic E-state index is -0.159. The Labute approximate surface area is 82.0 Å². The zero-order chi connectivity index (χ0) is 9.54. The number of fused-ring (bicyclic) bond motifs is 1. The minimum absolute atomic E-state index is 0.101. The third-order valence-corrected chi connectivity index (χ3v) is 2.88. The lowest BCUT2D eigenvalue weighted by molar-refractivity contribution is 0.0656. The van der Waals surface area contributed by atoms with Crippen molar-refractivity contribution in [2.45, 2.75) is 31.5 Å². The van der Waals surface area contributed by atoms with Gasteiger partial charge in [0, 0.05) is 12.8 Å². The first-order chi connectivity index (χ1) is 6.83. The molecule has 0 aromatic rings. The molecule has 0 unspecified atom stereocenters. The van der Waals surface area contributed by atoms with Gasteiger partial charge in [0.05, 0.1) is 6.04 Å². The normalized spacial score (nSPS) is 34.1. The zero-order valence-electron chi connectivity index (χ0n) is 7.75. The van der Waals surface area contributed by atoms with Crippen LogP contribution in [0.25, 0.3) is 0 Å². The maximum absolute atomic E-state index is 11.1. The molecule has 0 aromatic carbocycles. The predicted octanol–water partition coefficient (Wildman–Crippen LogP) is 1.02. The SMILES string of the molecule is O=C1N[C@@H]2CC3=C(CCC=C3)O[C@@H]2N1. The first kappa shape index (κ1) is 7.91. The van der Waals surface area contributed by atoms with Crippen molar-refractivity contribution in [2.24, 2.45) is 0 Å². The molecule has 2 atom stereocenters. The standard InChI is InChI=1S/C10H12N2O2/c13-10-11-7-5-6-3-1-2-4-8(6)14-9(7)12-10/h1,3,7,9H,2,4-5H2,(H2,11,12,13)/t7-,9+/m1/s1. The van der Waals surface area contributed by atoms with E-state index in [9.17, 15) is 4.79 Å². The van der Waals surface area contributed by atoms with Crippen LogP contribution >= 0.6 is 0 Å². The third kappa shape index (κ3) is 1.10. The van der Waals surface area contributed by atoms with E-state index in [2.05, 4.69) is 22.8 Å². The Morgan fingerprint density at radius 2 is 2.36 bits per heavy atom. The van der Waals surface area contributed by atoms with E-state index in [1.807, 2.05) is 0 Å². The Morgan fingerprint density at radius 1 is 1.43 bits per heavy atom. The van der Waals surface area contributed by atoms with E-state index in [4.69, 9.17) is 4.74 Å². The second kappa shape index (κ2) is 2.77. The van der Waals surface area contributed by atoms with Gasteiger partial charge in [-0.1, -0.05) is 12.2 Å². The van der Waals surface area contributed by atoms with Gasteiger partial charge in [0.15, 0.2) is 6.23 Å². The summed E-state index contributed by atoms with van der Waals surface area (Å²) in [5.74, 6) is 1.05. The molecule has 14 heavy (non-hydrogen) atoms. The molecule has 0 radical (unpaired) electrons. The van der Waals surface area contributed by atoms with E-state index < -0.39 is 0 Å². The van der Waals surface area contributed by atoms with Gasteiger partial charge in [0.2, 0.25) is 0 Å². The third-order valence-electron chi connectivity index (χ3n) is 2.88. The molecule has 2 amide bonds. The van der Waals surface area contributed by atoms with Crippen molar-refractivity contribution in [2.75, 3.05) is 0 Å². The highest BCUT2D eigenvalue weighted by Gasteiger charge is 2.38. The number of urea groups is 1. The van der Waals surface area contributed by atoms with Gasteiger partial charge in [-0.3, -0.25) is 0 Å². The first-order valence-corrected chi connectivity index (χ1v) is 4.95. The van der Waals surface area contributed by atoms with Gasteiger partial charge < -0.3 is 15.4 Å². The Hall–Kier alpha value is -1.45. The van der Waals surface area contributed by atoms with Crippen molar-refractivity contribution in [1.82, 2.24) is 10.6 Å². The molecule has 1 aliphatic carbocycles. The van der Waals surface area contributed by atoms with Gasteiger partial charge in [-0.25, -0.2) is 4.79 Å². The van der Waals surface area contributed by atoms with Gasteiger partial charge in [-0.2, -0.15) is 0 Å². The zero-order valence-corrected chi connectivity index (χ0v) is 7.75. The molecule has 3 rings (SSSR count). The minimum Gasteiger partial charge on any atom is -0.472 e. The second-order valence-electron chi connectivity index (χ2n) is 3.86. The molecule has 4 nitrogen and oxygen atoms in total. The summed E-state index contributed by atoms with van der Waals surface area (Å²) < 4.78 is 5.72. The van der Waals surface area contributed by atoms with Crippen molar-refractivity contribution in [3.05, 3.63) is 23.5 Å². The van der Waals surface area contributed by atoms with E-state index in [1.54, 1.807) is 0 Å². The largest absolute Gasteiger partial charge is 0.472 e. The fourth-order valence-corrected chi connectivity index (χ4v) is 2.19. The first-order valence-electron chi connectivity index (χ1n) is 4.95. The lowest BCUT2D eigenvalue weighted by Gasteiger charge is -2.30. The second-order valence-corrected chi connectivity index (χ2v) is 3.86. The fraction of sp³-hybridized carbons (Fsp3) is 0.500. The van der Waals surface area contributed by atoms with Crippen LogP contribution in [0.1, 0.15) is 19.3 Å². The summed E-state index contributed by atoms with van der Waals surface area (Å²) in [6.07, 6.45) is 7.00. The van der Waals surface area contributed by atoms with Crippen LogP contribution in [-0.4, -0.2) is 18.3 Å². The van der Waals surface area contributed by atoms with Gasteiger partial charge in [-0.05, 0) is 12.0 Å². The van der Waals surface area contributed by atoms with Crippen LogP contribution in [0.5, 0.6) is 0 Å². The summed E-state index contributed by atoms with van der Waals surface area (Å²) in [6.45, 7) is 0. The number of amides is 2. The lowest BCUT2D eigenvalue weighted by atomic mass is 9.95. The highest BCUT2D eigenvalue weighted by Crippen LogP contribution is 2.31. The highest BCUT2D eigenvalue weighted by molar-refractivity contribution is 5.77. The van der Waals surface area contributed by atoms with Crippen LogP contribution in [0, 0.1) is 0 Å². The number of rotatable bonds is 0. The highest BCUT2D eigenvalue weighted by atomic mass is 16.5. The summed E-state index contributed by atoms with van der Waals surface area (Å²) >= 11 is 0. The topological polar surface area (TPSA) is 50.4 Å². The molecule has 0 bridgehead atoms.